The summed E-state index contributed by atoms with van der Waals surface area (Å²) in [6, 6.07) is 0. The standard InChI is InChI=1S/C20H38O6S/c1-3-5-6-7-8-9-10-11-12-13-14-15-16-26-20(27(21,22)23)19-25-18-17-24-4-2/h20H,3-14,17-19H2,1-2H3,(H,21,22,23). The van der Waals surface area contributed by atoms with Crippen molar-refractivity contribution in [3.05, 3.63) is 0 Å². The Morgan fingerprint density at radius 2 is 1.41 bits per heavy atom. The zero-order chi connectivity index (χ0) is 20.2. The summed E-state index contributed by atoms with van der Waals surface area (Å²) >= 11 is 0. The Hall–Kier alpha value is -0.810. The van der Waals surface area contributed by atoms with E-state index in [0.29, 0.717) is 19.6 Å². The predicted molar refractivity (Wildman–Crippen MR) is 108 cm³/mol. The molecule has 0 saturated carbocycles. The van der Waals surface area contributed by atoms with E-state index in [-0.39, 0.29) is 13.2 Å². The van der Waals surface area contributed by atoms with Crippen molar-refractivity contribution >= 4 is 10.1 Å². The van der Waals surface area contributed by atoms with Gasteiger partial charge in [0.1, 0.15) is 12.7 Å². The minimum Gasteiger partial charge on any atom is -0.422 e. The molecule has 160 valence electrons. The summed E-state index contributed by atoms with van der Waals surface area (Å²) < 4.78 is 46.8. The van der Waals surface area contributed by atoms with Crippen molar-refractivity contribution in [2.75, 3.05) is 26.4 Å². The molecule has 0 aliphatic heterocycles. The molecule has 27 heavy (non-hydrogen) atoms. The maximum absolute atomic E-state index is 11.3. The van der Waals surface area contributed by atoms with Crippen LogP contribution >= 0.6 is 0 Å². The van der Waals surface area contributed by atoms with Crippen LogP contribution in [0, 0.1) is 12.0 Å². The lowest BCUT2D eigenvalue weighted by molar-refractivity contribution is 0.0253. The summed E-state index contributed by atoms with van der Waals surface area (Å²) in [5, 5.41) is 0. The van der Waals surface area contributed by atoms with Crippen LogP contribution in [-0.2, 0) is 24.3 Å². The highest BCUT2D eigenvalue weighted by Crippen LogP contribution is 2.11. The van der Waals surface area contributed by atoms with E-state index in [4.69, 9.17) is 18.8 Å². The molecule has 0 fully saturated rings. The second kappa shape index (κ2) is 18.5. The highest BCUT2D eigenvalue weighted by molar-refractivity contribution is 7.86. The number of unbranched alkanes of at least 4 members (excludes halogenated alkanes) is 10. The Balaban J connectivity index is 3.73. The van der Waals surface area contributed by atoms with E-state index in [2.05, 4.69) is 19.0 Å². The molecule has 0 aromatic carbocycles. The van der Waals surface area contributed by atoms with Crippen molar-refractivity contribution in [3.8, 4) is 12.0 Å². The second-order valence-electron chi connectivity index (χ2n) is 6.55. The van der Waals surface area contributed by atoms with Crippen LogP contribution < -0.4 is 0 Å². The number of hydrogen-bond acceptors (Lipinski definition) is 5. The van der Waals surface area contributed by atoms with Gasteiger partial charge < -0.3 is 14.2 Å². The molecule has 0 aliphatic rings. The SMILES string of the molecule is CCCCCCCCCCCCC#COC(COCCOCC)S(=O)(=O)O. The normalized spacial score (nSPS) is 12.4. The van der Waals surface area contributed by atoms with Gasteiger partial charge in [-0.25, -0.2) is 0 Å². The van der Waals surface area contributed by atoms with E-state index >= 15 is 0 Å². The fourth-order valence-corrected chi connectivity index (χ4v) is 2.92. The molecule has 0 bridgehead atoms. The van der Waals surface area contributed by atoms with E-state index in [0.717, 1.165) is 12.8 Å². The third kappa shape index (κ3) is 18.3. The Bertz CT molecular complexity index is 480. The zero-order valence-corrected chi connectivity index (χ0v) is 17.9. The number of hydrogen-bond donors (Lipinski definition) is 1. The van der Waals surface area contributed by atoms with Crippen molar-refractivity contribution < 1.29 is 27.2 Å². The van der Waals surface area contributed by atoms with Gasteiger partial charge in [0.15, 0.2) is 0 Å². The highest BCUT2D eigenvalue weighted by atomic mass is 32.2. The van der Waals surface area contributed by atoms with Gasteiger partial charge in [0.25, 0.3) is 5.44 Å². The van der Waals surface area contributed by atoms with Crippen LogP contribution in [0.25, 0.3) is 0 Å². The van der Waals surface area contributed by atoms with Crippen molar-refractivity contribution in [2.45, 2.75) is 89.9 Å². The number of rotatable bonds is 18. The molecule has 0 amide bonds. The van der Waals surface area contributed by atoms with E-state index in [1.807, 2.05) is 6.92 Å². The van der Waals surface area contributed by atoms with Crippen LogP contribution in [0.1, 0.15) is 84.5 Å². The average molecular weight is 407 g/mol. The van der Waals surface area contributed by atoms with Crippen LogP contribution in [0.3, 0.4) is 0 Å². The topological polar surface area (TPSA) is 82.1 Å². The van der Waals surface area contributed by atoms with Gasteiger partial charge in [-0.15, -0.1) is 0 Å². The Morgan fingerprint density at radius 3 is 1.96 bits per heavy atom. The van der Waals surface area contributed by atoms with E-state index < -0.39 is 15.6 Å². The van der Waals surface area contributed by atoms with Gasteiger partial charge in [-0.2, -0.15) is 8.42 Å². The Morgan fingerprint density at radius 1 is 0.852 bits per heavy atom. The third-order valence-electron chi connectivity index (χ3n) is 4.08. The monoisotopic (exact) mass is 406 g/mol. The second-order valence-corrected chi connectivity index (χ2v) is 8.10. The lowest BCUT2D eigenvalue weighted by Crippen LogP contribution is -2.28. The van der Waals surface area contributed by atoms with Gasteiger partial charge in [-0.1, -0.05) is 70.6 Å². The molecule has 1 atom stereocenters. The summed E-state index contributed by atoms with van der Waals surface area (Å²) in [6.45, 7) is 4.96. The fraction of sp³-hybridized carbons (Fsp3) is 0.900. The van der Waals surface area contributed by atoms with Crippen molar-refractivity contribution in [3.63, 3.8) is 0 Å². The fourth-order valence-electron chi connectivity index (χ4n) is 2.48. The van der Waals surface area contributed by atoms with Gasteiger partial charge in [0.2, 0.25) is 0 Å². The average Bonchev–Trinajstić information content (AvgIpc) is 2.62. The highest BCUT2D eigenvalue weighted by Gasteiger charge is 2.24. The van der Waals surface area contributed by atoms with Crippen LogP contribution in [0.5, 0.6) is 0 Å². The Labute approximate surface area is 166 Å². The molecule has 0 saturated heterocycles. The van der Waals surface area contributed by atoms with Crippen LogP contribution in [0.15, 0.2) is 0 Å². The van der Waals surface area contributed by atoms with Crippen molar-refractivity contribution in [1.29, 1.82) is 0 Å². The van der Waals surface area contributed by atoms with E-state index in [1.165, 1.54) is 51.4 Å². The quantitative estimate of drug-likeness (QED) is 0.204. The predicted octanol–water partition coefficient (Wildman–Crippen LogP) is 4.54. The molecule has 6 nitrogen and oxygen atoms in total. The molecule has 0 spiro atoms. The molecular formula is C20H38O6S. The van der Waals surface area contributed by atoms with Gasteiger partial charge in [-0.3, -0.25) is 4.55 Å². The molecular weight excluding hydrogens is 368 g/mol. The first-order valence-electron chi connectivity index (χ1n) is 10.3. The summed E-state index contributed by atoms with van der Waals surface area (Å²) in [5.74, 6) is 2.80. The minimum absolute atomic E-state index is 0.231. The maximum Gasteiger partial charge on any atom is 0.306 e. The summed E-state index contributed by atoms with van der Waals surface area (Å²) in [7, 11) is -4.36. The molecule has 0 aromatic heterocycles. The lowest BCUT2D eigenvalue weighted by atomic mass is 10.1. The molecule has 1 unspecified atom stereocenters. The summed E-state index contributed by atoms with van der Waals surface area (Å²) in [4.78, 5) is 0. The molecule has 0 radical (unpaired) electrons. The largest absolute Gasteiger partial charge is 0.422 e. The Kier molecular flexibility index (Phi) is 18.0. The molecule has 0 heterocycles. The van der Waals surface area contributed by atoms with E-state index in [9.17, 15) is 8.42 Å². The molecule has 7 heteroatoms. The van der Waals surface area contributed by atoms with Gasteiger partial charge >= 0.3 is 10.1 Å². The van der Waals surface area contributed by atoms with Crippen molar-refractivity contribution in [2.24, 2.45) is 0 Å². The van der Waals surface area contributed by atoms with E-state index in [1.54, 1.807) is 0 Å². The first-order chi connectivity index (χ1) is 13.0. The van der Waals surface area contributed by atoms with Crippen LogP contribution in [-0.4, -0.2) is 44.8 Å². The molecule has 0 aromatic rings. The zero-order valence-electron chi connectivity index (χ0n) is 17.1. The van der Waals surface area contributed by atoms with Crippen molar-refractivity contribution in [1.82, 2.24) is 0 Å². The third-order valence-corrected chi connectivity index (χ3v) is 4.98. The van der Waals surface area contributed by atoms with Crippen LogP contribution in [0.4, 0.5) is 0 Å². The first-order valence-corrected chi connectivity index (χ1v) is 11.8. The minimum atomic E-state index is -4.36. The summed E-state index contributed by atoms with van der Waals surface area (Å²) in [6.07, 6.45) is 15.6. The molecule has 0 aliphatic carbocycles. The molecule has 1 N–H and O–H groups in total. The molecule has 0 rings (SSSR count). The first kappa shape index (κ1) is 26.2. The van der Waals surface area contributed by atoms with Gasteiger partial charge in [0.05, 0.1) is 13.2 Å². The maximum atomic E-state index is 11.3. The summed E-state index contributed by atoms with van der Waals surface area (Å²) in [5.41, 5.74) is -1.49. The lowest BCUT2D eigenvalue weighted by Gasteiger charge is -2.12. The smallest absolute Gasteiger partial charge is 0.306 e. The van der Waals surface area contributed by atoms with Crippen LogP contribution in [0.2, 0.25) is 0 Å². The number of ether oxygens (including phenoxy) is 3. The van der Waals surface area contributed by atoms with Gasteiger partial charge in [0, 0.05) is 13.0 Å². The van der Waals surface area contributed by atoms with Gasteiger partial charge in [-0.05, 0) is 13.3 Å².